The van der Waals surface area contributed by atoms with Gasteiger partial charge in [-0.25, -0.2) is 0 Å². The number of anilines is 1. The molecule has 0 atom stereocenters. The molecule has 0 aliphatic heterocycles. The third kappa shape index (κ3) is 3.97. The summed E-state index contributed by atoms with van der Waals surface area (Å²) in [4.78, 5) is 12.2. The van der Waals surface area contributed by atoms with E-state index in [4.69, 9.17) is 4.74 Å². The van der Waals surface area contributed by atoms with Crippen molar-refractivity contribution in [2.24, 2.45) is 0 Å². The van der Waals surface area contributed by atoms with Gasteiger partial charge in [0.25, 0.3) is 5.91 Å². The van der Waals surface area contributed by atoms with Crippen LogP contribution in [0.25, 0.3) is 0 Å². The van der Waals surface area contributed by atoms with Crippen LogP contribution in [0.3, 0.4) is 0 Å². The molecule has 0 unspecified atom stereocenters. The van der Waals surface area contributed by atoms with Crippen LogP contribution in [0.15, 0.2) is 48.5 Å². The van der Waals surface area contributed by atoms with Crippen LogP contribution in [0, 0.1) is 6.92 Å². The van der Waals surface area contributed by atoms with Crippen LogP contribution in [0.1, 0.15) is 26.5 Å². The molecule has 1 heterocycles. The highest BCUT2D eigenvalue weighted by atomic mass is 32.1. The van der Waals surface area contributed by atoms with Crippen LogP contribution in [-0.4, -0.2) is 23.2 Å². The van der Waals surface area contributed by atoms with Gasteiger partial charge in [0.15, 0.2) is 0 Å². The van der Waals surface area contributed by atoms with Gasteiger partial charge >= 0.3 is 0 Å². The van der Waals surface area contributed by atoms with Gasteiger partial charge in [0.1, 0.15) is 10.8 Å². The van der Waals surface area contributed by atoms with Gasteiger partial charge in [0.05, 0.1) is 7.11 Å². The number of benzene rings is 2. The summed E-state index contributed by atoms with van der Waals surface area (Å²) in [6, 6.07) is 15.2. The summed E-state index contributed by atoms with van der Waals surface area (Å²) < 4.78 is 5.14. The molecule has 1 aromatic heterocycles. The molecule has 0 radical (unpaired) electrons. The van der Waals surface area contributed by atoms with Crippen molar-refractivity contribution < 1.29 is 9.53 Å². The van der Waals surface area contributed by atoms with E-state index in [1.54, 1.807) is 19.2 Å². The first-order valence-electron chi connectivity index (χ1n) is 7.47. The lowest BCUT2D eigenvalue weighted by Gasteiger charge is -2.01. The monoisotopic (exact) mass is 339 g/mol. The largest absolute Gasteiger partial charge is 0.497 e. The maximum absolute atomic E-state index is 12.2. The molecule has 5 nitrogen and oxygen atoms in total. The molecule has 122 valence electrons. The standard InChI is InChI=1S/C18H17N3O2S/c1-12-3-7-14(8-4-12)17(22)19-18-21-20-16(24-18)11-13-5-9-15(23-2)10-6-13/h3-10H,11H2,1-2H3,(H,19,21,22). The van der Waals surface area contributed by atoms with Crippen LogP contribution in [0.5, 0.6) is 5.75 Å². The summed E-state index contributed by atoms with van der Waals surface area (Å²) in [7, 11) is 1.64. The lowest BCUT2D eigenvalue weighted by atomic mass is 10.1. The van der Waals surface area contributed by atoms with E-state index in [0.717, 1.165) is 21.9 Å². The van der Waals surface area contributed by atoms with Gasteiger partial charge in [-0.05, 0) is 36.8 Å². The Morgan fingerprint density at radius 3 is 2.46 bits per heavy atom. The Bertz CT molecular complexity index is 826. The topological polar surface area (TPSA) is 64.1 Å². The van der Waals surface area contributed by atoms with Crippen LogP contribution >= 0.6 is 11.3 Å². The molecule has 6 heteroatoms. The second-order valence-electron chi connectivity index (χ2n) is 5.35. The van der Waals surface area contributed by atoms with E-state index in [9.17, 15) is 4.79 Å². The van der Waals surface area contributed by atoms with Gasteiger partial charge in [-0.2, -0.15) is 0 Å². The molecule has 3 rings (SSSR count). The second kappa shape index (κ2) is 7.23. The molecule has 1 amide bonds. The number of aryl methyl sites for hydroxylation is 1. The molecule has 0 aliphatic rings. The third-order valence-corrected chi connectivity index (χ3v) is 4.35. The van der Waals surface area contributed by atoms with E-state index >= 15 is 0 Å². The number of carbonyl (C=O) groups excluding carboxylic acids is 1. The van der Waals surface area contributed by atoms with Crippen LogP contribution in [0.2, 0.25) is 0 Å². The number of amides is 1. The normalized spacial score (nSPS) is 10.4. The van der Waals surface area contributed by atoms with Crippen molar-refractivity contribution in [2.75, 3.05) is 12.4 Å². The number of carbonyl (C=O) groups is 1. The zero-order valence-corrected chi connectivity index (χ0v) is 14.3. The molecule has 0 saturated heterocycles. The number of nitrogens with one attached hydrogen (secondary N) is 1. The predicted octanol–water partition coefficient (Wildman–Crippen LogP) is 3.70. The molecule has 0 spiro atoms. The Balaban J connectivity index is 1.64. The van der Waals surface area contributed by atoms with E-state index in [2.05, 4.69) is 15.5 Å². The lowest BCUT2D eigenvalue weighted by Crippen LogP contribution is -2.11. The fourth-order valence-corrected chi connectivity index (χ4v) is 2.94. The molecule has 24 heavy (non-hydrogen) atoms. The van der Waals surface area contributed by atoms with E-state index < -0.39 is 0 Å². The van der Waals surface area contributed by atoms with E-state index in [1.165, 1.54) is 11.3 Å². The van der Waals surface area contributed by atoms with Gasteiger partial charge in [0.2, 0.25) is 5.13 Å². The van der Waals surface area contributed by atoms with E-state index in [-0.39, 0.29) is 5.91 Å². The molecule has 3 aromatic rings. The second-order valence-corrected chi connectivity index (χ2v) is 6.41. The molecular weight excluding hydrogens is 322 g/mol. The van der Waals surface area contributed by atoms with Crippen LogP contribution in [-0.2, 0) is 6.42 Å². The molecular formula is C18H17N3O2S. The number of methoxy groups -OCH3 is 1. The first-order valence-corrected chi connectivity index (χ1v) is 8.29. The number of ether oxygens (including phenoxy) is 1. The Kier molecular flexibility index (Phi) is 4.86. The third-order valence-electron chi connectivity index (χ3n) is 3.52. The lowest BCUT2D eigenvalue weighted by molar-refractivity contribution is 0.102. The molecule has 1 N–H and O–H groups in total. The minimum Gasteiger partial charge on any atom is -0.497 e. The van der Waals surface area contributed by atoms with E-state index in [1.807, 2.05) is 43.3 Å². The highest BCUT2D eigenvalue weighted by Gasteiger charge is 2.10. The average Bonchev–Trinajstić information content (AvgIpc) is 3.03. The Morgan fingerprint density at radius 1 is 1.08 bits per heavy atom. The summed E-state index contributed by atoms with van der Waals surface area (Å²) in [5.41, 5.74) is 2.83. The summed E-state index contributed by atoms with van der Waals surface area (Å²) in [5, 5.41) is 12.3. The molecule has 0 bridgehead atoms. The molecule has 2 aromatic carbocycles. The first-order chi connectivity index (χ1) is 11.6. The highest BCUT2D eigenvalue weighted by molar-refractivity contribution is 7.15. The number of aromatic nitrogens is 2. The fraction of sp³-hybridized carbons (Fsp3) is 0.167. The minimum atomic E-state index is -0.179. The van der Waals surface area contributed by atoms with Gasteiger partial charge in [-0.1, -0.05) is 41.2 Å². The summed E-state index contributed by atoms with van der Waals surface area (Å²) in [5.74, 6) is 0.643. The summed E-state index contributed by atoms with van der Waals surface area (Å²) in [6.07, 6.45) is 0.669. The Labute approximate surface area is 144 Å². The van der Waals surface area contributed by atoms with Gasteiger partial charge < -0.3 is 4.74 Å². The van der Waals surface area contributed by atoms with Crippen molar-refractivity contribution in [1.29, 1.82) is 0 Å². The van der Waals surface area contributed by atoms with Crippen molar-refractivity contribution in [3.63, 3.8) is 0 Å². The summed E-state index contributed by atoms with van der Waals surface area (Å²) >= 11 is 1.38. The minimum absolute atomic E-state index is 0.179. The fourth-order valence-electron chi connectivity index (χ4n) is 2.17. The van der Waals surface area contributed by atoms with Gasteiger partial charge in [0, 0.05) is 12.0 Å². The molecule has 0 saturated carbocycles. The van der Waals surface area contributed by atoms with E-state index in [0.29, 0.717) is 17.1 Å². The Hall–Kier alpha value is -2.73. The number of nitrogens with zero attached hydrogens (tertiary/aromatic N) is 2. The molecule has 0 aliphatic carbocycles. The smallest absolute Gasteiger partial charge is 0.257 e. The zero-order valence-electron chi connectivity index (χ0n) is 13.4. The van der Waals surface area contributed by atoms with Gasteiger partial charge in [-0.3, -0.25) is 10.1 Å². The Morgan fingerprint density at radius 2 is 1.79 bits per heavy atom. The maximum atomic E-state index is 12.2. The number of hydrogen-bond acceptors (Lipinski definition) is 5. The van der Waals surface area contributed by atoms with Crippen molar-refractivity contribution >= 4 is 22.4 Å². The SMILES string of the molecule is COc1ccc(Cc2nnc(NC(=O)c3ccc(C)cc3)s2)cc1. The van der Waals surface area contributed by atoms with Crippen molar-refractivity contribution in [3.8, 4) is 5.75 Å². The summed E-state index contributed by atoms with van der Waals surface area (Å²) in [6.45, 7) is 1.98. The maximum Gasteiger partial charge on any atom is 0.257 e. The van der Waals surface area contributed by atoms with Crippen LogP contribution in [0.4, 0.5) is 5.13 Å². The first kappa shape index (κ1) is 16.1. The van der Waals surface area contributed by atoms with Gasteiger partial charge in [-0.15, -0.1) is 10.2 Å². The quantitative estimate of drug-likeness (QED) is 0.770. The number of hydrogen-bond donors (Lipinski definition) is 1. The molecule has 0 fully saturated rings. The predicted molar refractivity (Wildman–Crippen MR) is 94.8 cm³/mol. The highest BCUT2D eigenvalue weighted by Crippen LogP contribution is 2.20. The van der Waals surface area contributed by atoms with Crippen molar-refractivity contribution in [3.05, 3.63) is 70.2 Å². The van der Waals surface area contributed by atoms with Crippen molar-refractivity contribution in [2.45, 2.75) is 13.3 Å². The number of rotatable bonds is 5. The average molecular weight is 339 g/mol. The van der Waals surface area contributed by atoms with Crippen LogP contribution < -0.4 is 10.1 Å². The van der Waals surface area contributed by atoms with Crippen molar-refractivity contribution in [1.82, 2.24) is 10.2 Å². The zero-order chi connectivity index (χ0) is 16.9.